The summed E-state index contributed by atoms with van der Waals surface area (Å²) in [5.74, 6) is 0. The predicted molar refractivity (Wildman–Crippen MR) is 35.9 cm³/mol. The average Bonchev–Trinajstić information content (AvgIpc) is 2.37. The number of H-pyrrole nitrogens is 1. The highest BCUT2D eigenvalue weighted by Gasteiger charge is 2.13. The number of nitrogens with one attached hydrogen (secondary N) is 2. The van der Waals surface area contributed by atoms with Crippen molar-refractivity contribution in [1.29, 1.82) is 0 Å². The van der Waals surface area contributed by atoms with E-state index in [1.165, 1.54) is 19.5 Å². The Bertz CT molecular complexity index is 303. The molecule has 2 N–H and O–H groups in total. The third kappa shape index (κ3) is 1.76. The summed E-state index contributed by atoms with van der Waals surface area (Å²) in [5, 5.41) is 5.84. The molecule has 0 atom stereocenters. The lowest BCUT2D eigenvalue weighted by Gasteiger charge is -1.98. The number of sulfonamides is 1. The van der Waals surface area contributed by atoms with Crippen LogP contribution in [0.4, 0.5) is 0 Å². The predicted octanol–water partition coefficient (Wildman–Crippen LogP) is -0.751. The first kappa shape index (κ1) is 8.18. The molecule has 0 fully saturated rings. The average molecular weight is 177 g/mol. The van der Waals surface area contributed by atoms with Crippen LogP contribution in [0, 0.1) is 0 Å². The second kappa shape index (κ2) is 2.99. The third-order valence-electron chi connectivity index (χ3n) is 0.976. The molecule has 0 aliphatic carbocycles. The Morgan fingerprint density at radius 2 is 2.45 bits per heavy atom. The van der Waals surface area contributed by atoms with Crippen LogP contribution in [0.3, 0.4) is 0 Å². The van der Waals surface area contributed by atoms with Crippen molar-refractivity contribution < 1.29 is 13.3 Å². The maximum absolute atomic E-state index is 11.0. The monoisotopic (exact) mass is 177 g/mol. The standard InChI is InChI=1S/C4H7N3O3S/c1-10-7-11(8,9)4-2-5-6-3-4/h2-3,7H,1H3,(H,5,6). The van der Waals surface area contributed by atoms with Crippen LogP contribution in [0.5, 0.6) is 0 Å². The van der Waals surface area contributed by atoms with E-state index in [1.807, 2.05) is 4.89 Å². The quantitative estimate of drug-likeness (QED) is 0.595. The zero-order valence-electron chi connectivity index (χ0n) is 5.73. The molecule has 1 aromatic heterocycles. The first-order chi connectivity index (χ1) is 5.17. The fraction of sp³-hybridized carbons (Fsp3) is 0.250. The van der Waals surface area contributed by atoms with Crippen LogP contribution in [0.25, 0.3) is 0 Å². The van der Waals surface area contributed by atoms with Crippen molar-refractivity contribution in [1.82, 2.24) is 15.1 Å². The second-order valence-electron chi connectivity index (χ2n) is 1.72. The van der Waals surface area contributed by atoms with Gasteiger partial charge in [0, 0.05) is 6.20 Å². The molecule has 0 saturated carbocycles. The number of hydrogen-bond acceptors (Lipinski definition) is 4. The number of rotatable bonds is 3. The fourth-order valence-corrected chi connectivity index (χ4v) is 1.26. The Labute approximate surface area is 63.6 Å². The first-order valence-corrected chi connectivity index (χ1v) is 4.18. The smallest absolute Gasteiger partial charge is 0.265 e. The van der Waals surface area contributed by atoms with Gasteiger partial charge in [0.25, 0.3) is 10.0 Å². The van der Waals surface area contributed by atoms with Crippen molar-refractivity contribution in [3.63, 3.8) is 0 Å². The molecule has 1 heterocycles. The molecule has 0 spiro atoms. The molecule has 1 aromatic rings. The lowest BCUT2D eigenvalue weighted by Crippen LogP contribution is -2.21. The topological polar surface area (TPSA) is 84.1 Å². The van der Waals surface area contributed by atoms with Gasteiger partial charge in [-0.3, -0.25) is 9.94 Å². The molecule has 62 valence electrons. The van der Waals surface area contributed by atoms with Gasteiger partial charge in [0.05, 0.1) is 13.3 Å². The van der Waals surface area contributed by atoms with E-state index in [0.29, 0.717) is 0 Å². The van der Waals surface area contributed by atoms with Crippen molar-refractivity contribution >= 4 is 10.0 Å². The lowest BCUT2D eigenvalue weighted by molar-refractivity contribution is 0.153. The van der Waals surface area contributed by atoms with Gasteiger partial charge in [-0.15, -0.1) is 0 Å². The van der Waals surface area contributed by atoms with E-state index in [0.717, 1.165) is 0 Å². The molecule has 0 unspecified atom stereocenters. The van der Waals surface area contributed by atoms with Gasteiger partial charge < -0.3 is 0 Å². The molecular weight excluding hydrogens is 170 g/mol. The van der Waals surface area contributed by atoms with Gasteiger partial charge in [-0.2, -0.15) is 5.10 Å². The molecule has 6 nitrogen and oxygen atoms in total. The van der Waals surface area contributed by atoms with E-state index in [2.05, 4.69) is 15.0 Å². The van der Waals surface area contributed by atoms with Crippen LogP contribution < -0.4 is 4.89 Å². The molecule has 0 aliphatic heterocycles. The van der Waals surface area contributed by atoms with Gasteiger partial charge in [-0.1, -0.05) is 4.89 Å². The zero-order chi connectivity index (χ0) is 8.32. The molecule has 0 amide bonds. The fourth-order valence-electron chi connectivity index (χ4n) is 0.544. The van der Waals surface area contributed by atoms with E-state index in [9.17, 15) is 8.42 Å². The van der Waals surface area contributed by atoms with Gasteiger partial charge >= 0.3 is 0 Å². The maximum Gasteiger partial charge on any atom is 0.265 e. The van der Waals surface area contributed by atoms with Crippen molar-refractivity contribution in [3.8, 4) is 0 Å². The summed E-state index contributed by atoms with van der Waals surface area (Å²) < 4.78 is 22.0. The van der Waals surface area contributed by atoms with Crippen molar-refractivity contribution in [2.24, 2.45) is 0 Å². The molecular formula is C4H7N3O3S. The summed E-state index contributed by atoms with van der Waals surface area (Å²) in [6.45, 7) is 0. The normalized spacial score (nSPS) is 11.7. The van der Waals surface area contributed by atoms with Crippen molar-refractivity contribution in [2.45, 2.75) is 4.90 Å². The van der Waals surface area contributed by atoms with Gasteiger partial charge in [-0.25, -0.2) is 8.42 Å². The molecule has 0 bridgehead atoms. The minimum Gasteiger partial charge on any atom is -0.290 e. The lowest BCUT2D eigenvalue weighted by atomic mass is 10.7. The van der Waals surface area contributed by atoms with Gasteiger partial charge in [0.15, 0.2) is 0 Å². The second-order valence-corrected chi connectivity index (χ2v) is 3.37. The van der Waals surface area contributed by atoms with Gasteiger partial charge in [0.1, 0.15) is 4.90 Å². The molecule has 0 radical (unpaired) electrons. The Morgan fingerprint density at radius 3 is 2.91 bits per heavy atom. The number of aromatic nitrogens is 2. The molecule has 0 saturated heterocycles. The SMILES string of the molecule is CONS(=O)(=O)c1cn[nH]c1. The summed E-state index contributed by atoms with van der Waals surface area (Å²) in [6.07, 6.45) is 2.43. The van der Waals surface area contributed by atoms with Crippen LogP contribution in [-0.4, -0.2) is 25.7 Å². The Hall–Kier alpha value is -0.920. The molecule has 0 aliphatic rings. The highest BCUT2D eigenvalue weighted by Crippen LogP contribution is 2.02. The Kier molecular flexibility index (Phi) is 2.22. The van der Waals surface area contributed by atoms with E-state index in [1.54, 1.807) is 0 Å². The van der Waals surface area contributed by atoms with E-state index in [-0.39, 0.29) is 4.90 Å². The number of hydrogen-bond donors (Lipinski definition) is 2. The number of nitrogens with zero attached hydrogens (tertiary/aromatic N) is 1. The Morgan fingerprint density at radius 1 is 1.73 bits per heavy atom. The Balaban J connectivity index is 2.92. The van der Waals surface area contributed by atoms with Crippen LogP contribution in [-0.2, 0) is 14.9 Å². The summed E-state index contributed by atoms with van der Waals surface area (Å²) in [4.78, 5) is 6.13. The third-order valence-corrected chi connectivity index (χ3v) is 2.21. The van der Waals surface area contributed by atoms with Crippen molar-refractivity contribution in [3.05, 3.63) is 12.4 Å². The summed E-state index contributed by atoms with van der Waals surface area (Å²) in [5.41, 5.74) is 0. The largest absolute Gasteiger partial charge is 0.290 e. The molecule has 0 aromatic carbocycles. The first-order valence-electron chi connectivity index (χ1n) is 2.70. The van der Waals surface area contributed by atoms with Crippen LogP contribution in [0.15, 0.2) is 17.3 Å². The minimum atomic E-state index is -3.53. The summed E-state index contributed by atoms with van der Waals surface area (Å²) in [6, 6.07) is 0. The zero-order valence-corrected chi connectivity index (χ0v) is 6.55. The van der Waals surface area contributed by atoms with E-state index < -0.39 is 10.0 Å². The minimum absolute atomic E-state index is 0.0411. The maximum atomic E-state index is 11.0. The van der Waals surface area contributed by atoms with E-state index >= 15 is 0 Å². The molecule has 1 rings (SSSR count). The van der Waals surface area contributed by atoms with Crippen molar-refractivity contribution in [2.75, 3.05) is 7.11 Å². The van der Waals surface area contributed by atoms with E-state index in [4.69, 9.17) is 0 Å². The van der Waals surface area contributed by atoms with Crippen LogP contribution in [0.2, 0.25) is 0 Å². The number of aromatic amines is 1. The molecule has 7 heteroatoms. The van der Waals surface area contributed by atoms with Crippen LogP contribution in [0.1, 0.15) is 0 Å². The van der Waals surface area contributed by atoms with Gasteiger partial charge in [0.2, 0.25) is 0 Å². The highest BCUT2D eigenvalue weighted by atomic mass is 32.2. The summed E-state index contributed by atoms with van der Waals surface area (Å²) >= 11 is 0. The summed E-state index contributed by atoms with van der Waals surface area (Å²) in [7, 11) is -2.31. The highest BCUT2D eigenvalue weighted by molar-refractivity contribution is 7.89. The van der Waals surface area contributed by atoms with Gasteiger partial charge in [-0.05, 0) is 0 Å². The van der Waals surface area contributed by atoms with Crippen LogP contribution >= 0.6 is 0 Å². The molecule has 11 heavy (non-hydrogen) atoms.